The molecule has 300 valence electrons. The van der Waals surface area contributed by atoms with Crippen LogP contribution in [0.3, 0.4) is 0 Å². The number of carbonyl (C=O) groups is 2. The molecule has 6 heterocycles. The summed E-state index contributed by atoms with van der Waals surface area (Å²) in [6.07, 6.45) is 3.37. The smallest absolute Gasteiger partial charge is 0.265 e. The second kappa shape index (κ2) is 17.7. The Morgan fingerprint density at radius 2 is 0.929 bits per heavy atom. The molecule has 2 fully saturated rings. The van der Waals surface area contributed by atoms with Crippen LogP contribution in [-0.2, 0) is 0 Å². The quantitative estimate of drug-likeness (QED) is 0.239. The van der Waals surface area contributed by atoms with Gasteiger partial charge in [-0.15, -0.1) is 0 Å². The third-order valence-corrected chi connectivity index (χ3v) is 12.7. The lowest BCUT2D eigenvalue weighted by Crippen LogP contribution is -2.47. The minimum absolute atomic E-state index is 0.00890. The number of fused-ring (bicyclic) bond motifs is 2. The van der Waals surface area contributed by atoms with Crippen LogP contribution in [-0.4, -0.2) is 148 Å². The van der Waals surface area contributed by atoms with Gasteiger partial charge in [-0.2, -0.15) is 0 Å². The van der Waals surface area contributed by atoms with Gasteiger partial charge in [0.15, 0.2) is 33.3 Å². The highest BCUT2D eigenvalue weighted by Crippen LogP contribution is 2.36. The third kappa shape index (κ3) is 8.98. The van der Waals surface area contributed by atoms with Crippen molar-refractivity contribution >= 4 is 44.8 Å². The van der Waals surface area contributed by atoms with E-state index in [1.54, 1.807) is 50.4 Å². The molecule has 4 aliphatic rings. The summed E-state index contributed by atoms with van der Waals surface area (Å²) < 4.78 is 22.7. The molecule has 2 aromatic heterocycles. The van der Waals surface area contributed by atoms with Crippen molar-refractivity contribution in [1.82, 2.24) is 29.6 Å². The van der Waals surface area contributed by atoms with Crippen molar-refractivity contribution in [3.63, 3.8) is 0 Å². The second-order valence-electron chi connectivity index (χ2n) is 14.6. The average molecular weight is 805 g/mol. The summed E-state index contributed by atoms with van der Waals surface area (Å²) in [4.78, 5) is 47.2. The SMILES string of the molecule is C[C@@H](c1ccc2c(c1)OCCO2)N1CCN(c2ncc(C(=O)N(C)C)s2)CC1.C[C@H](c1ccc2c(c1)OCCO2)N1CCN(c2ncc(C(=O)N(C)C)s2)CC1. The van der Waals surface area contributed by atoms with E-state index in [0.29, 0.717) is 48.3 Å². The van der Waals surface area contributed by atoms with Crippen LogP contribution in [0.4, 0.5) is 10.3 Å². The zero-order valence-electron chi connectivity index (χ0n) is 33.1. The van der Waals surface area contributed by atoms with Gasteiger partial charge in [-0.05, 0) is 49.2 Å². The molecule has 0 spiro atoms. The molecule has 0 unspecified atom stereocenters. The number of benzene rings is 2. The molecule has 8 rings (SSSR count). The monoisotopic (exact) mass is 804 g/mol. The van der Waals surface area contributed by atoms with E-state index in [0.717, 1.165) is 85.6 Å². The topological polar surface area (TPSA) is 116 Å². The number of piperazine rings is 2. The van der Waals surface area contributed by atoms with E-state index in [-0.39, 0.29) is 11.8 Å². The molecule has 2 saturated heterocycles. The van der Waals surface area contributed by atoms with E-state index in [4.69, 9.17) is 18.9 Å². The number of amides is 2. The van der Waals surface area contributed by atoms with Gasteiger partial charge in [0, 0.05) is 92.6 Å². The molecular formula is C40H52N8O6S2. The van der Waals surface area contributed by atoms with Gasteiger partial charge in [0.2, 0.25) is 0 Å². The Labute approximate surface area is 337 Å². The van der Waals surface area contributed by atoms with Crippen LogP contribution in [0, 0.1) is 0 Å². The predicted molar refractivity (Wildman–Crippen MR) is 220 cm³/mol. The average Bonchev–Trinajstić information content (AvgIpc) is 3.94. The van der Waals surface area contributed by atoms with Crippen LogP contribution < -0.4 is 28.7 Å². The van der Waals surface area contributed by atoms with Crippen LogP contribution >= 0.6 is 22.7 Å². The first-order valence-electron chi connectivity index (χ1n) is 19.2. The first kappa shape index (κ1) is 39.6. The molecule has 0 bridgehead atoms. The number of hydrogen-bond donors (Lipinski definition) is 0. The van der Waals surface area contributed by atoms with Crippen LogP contribution in [0.25, 0.3) is 0 Å². The minimum Gasteiger partial charge on any atom is -0.486 e. The number of anilines is 2. The lowest BCUT2D eigenvalue weighted by molar-refractivity contribution is 0.0824. The summed E-state index contributed by atoms with van der Waals surface area (Å²) in [7, 11) is 7.05. The van der Waals surface area contributed by atoms with Gasteiger partial charge in [0.1, 0.15) is 36.2 Å². The van der Waals surface area contributed by atoms with Crippen LogP contribution in [0.5, 0.6) is 23.0 Å². The summed E-state index contributed by atoms with van der Waals surface area (Å²) >= 11 is 2.94. The summed E-state index contributed by atoms with van der Waals surface area (Å²) in [6.45, 7) is 14.3. The zero-order valence-corrected chi connectivity index (χ0v) is 34.7. The van der Waals surface area contributed by atoms with E-state index >= 15 is 0 Å². The van der Waals surface area contributed by atoms with Gasteiger partial charge in [-0.1, -0.05) is 34.8 Å². The molecule has 2 aromatic carbocycles. The van der Waals surface area contributed by atoms with Crippen molar-refractivity contribution in [3.05, 3.63) is 69.7 Å². The highest BCUT2D eigenvalue weighted by atomic mass is 32.1. The molecule has 2 amide bonds. The van der Waals surface area contributed by atoms with E-state index in [1.165, 1.54) is 33.8 Å². The van der Waals surface area contributed by atoms with E-state index in [1.807, 2.05) is 12.1 Å². The minimum atomic E-state index is 0.00890. The maximum atomic E-state index is 12.1. The Kier molecular flexibility index (Phi) is 12.5. The Morgan fingerprint density at radius 3 is 1.29 bits per heavy atom. The fourth-order valence-electron chi connectivity index (χ4n) is 7.12. The normalized spacial score (nSPS) is 18.0. The highest BCUT2D eigenvalue weighted by Gasteiger charge is 2.27. The van der Waals surface area contributed by atoms with Gasteiger partial charge in [-0.25, -0.2) is 9.97 Å². The summed E-state index contributed by atoms with van der Waals surface area (Å²) in [5.74, 6) is 3.37. The van der Waals surface area contributed by atoms with E-state index in [9.17, 15) is 9.59 Å². The van der Waals surface area contributed by atoms with Gasteiger partial charge in [-0.3, -0.25) is 19.4 Å². The molecule has 2 atom stereocenters. The fraction of sp³-hybridized carbons (Fsp3) is 0.500. The van der Waals surface area contributed by atoms with Crippen LogP contribution in [0.2, 0.25) is 0 Å². The Morgan fingerprint density at radius 1 is 0.571 bits per heavy atom. The largest absolute Gasteiger partial charge is 0.486 e. The van der Waals surface area contributed by atoms with Crippen molar-refractivity contribution in [3.8, 4) is 23.0 Å². The number of nitrogens with zero attached hydrogens (tertiary/aromatic N) is 8. The fourth-order valence-corrected chi connectivity index (χ4v) is 9.10. The van der Waals surface area contributed by atoms with Crippen molar-refractivity contribution < 1.29 is 28.5 Å². The zero-order chi connectivity index (χ0) is 39.3. The van der Waals surface area contributed by atoms with Gasteiger partial charge >= 0.3 is 0 Å². The lowest BCUT2D eigenvalue weighted by Gasteiger charge is -2.38. The standard InChI is InChI=1S/2C20H26N4O3S/c2*1-14(15-4-5-16-17(12-15)27-11-10-26-16)23-6-8-24(9-7-23)20-21-13-18(28-20)19(25)22(2)3/h2*4-5,12-14H,6-11H2,1-3H3/t2*14-/m10/s1. The summed E-state index contributed by atoms with van der Waals surface area (Å²) in [6, 6.07) is 13.1. The lowest BCUT2D eigenvalue weighted by atomic mass is 10.1. The third-order valence-electron chi connectivity index (χ3n) is 10.6. The number of hydrogen-bond acceptors (Lipinski definition) is 14. The Balaban J connectivity index is 0.000000172. The molecule has 0 saturated carbocycles. The summed E-state index contributed by atoms with van der Waals surface area (Å²) in [5, 5.41) is 1.86. The molecule has 56 heavy (non-hydrogen) atoms. The van der Waals surface area contributed by atoms with Crippen molar-refractivity contribution in [2.45, 2.75) is 25.9 Å². The molecule has 0 N–H and O–H groups in total. The number of rotatable bonds is 8. The maximum absolute atomic E-state index is 12.1. The Hall–Kier alpha value is -4.64. The predicted octanol–water partition coefficient (Wildman–Crippen LogP) is 5.00. The molecular weight excluding hydrogens is 753 g/mol. The van der Waals surface area contributed by atoms with Gasteiger partial charge < -0.3 is 38.5 Å². The van der Waals surface area contributed by atoms with Crippen LogP contribution in [0.1, 0.15) is 56.4 Å². The highest BCUT2D eigenvalue weighted by molar-refractivity contribution is 7.17. The first-order valence-corrected chi connectivity index (χ1v) is 20.8. The van der Waals surface area contributed by atoms with Gasteiger partial charge in [0.05, 0.1) is 12.4 Å². The maximum Gasteiger partial charge on any atom is 0.265 e. The number of ether oxygens (including phenoxy) is 4. The molecule has 0 radical (unpaired) electrons. The first-order chi connectivity index (χ1) is 27.0. The molecule has 16 heteroatoms. The molecule has 4 aromatic rings. The van der Waals surface area contributed by atoms with Gasteiger partial charge in [0.25, 0.3) is 11.8 Å². The Bertz CT molecular complexity index is 1830. The molecule has 4 aliphatic heterocycles. The molecule has 14 nitrogen and oxygen atoms in total. The number of aromatic nitrogens is 2. The number of carbonyl (C=O) groups excluding carboxylic acids is 2. The van der Waals surface area contributed by atoms with Crippen molar-refractivity contribution in [2.75, 3.05) is 117 Å². The number of thiazole rings is 2. The second-order valence-corrected chi connectivity index (χ2v) is 16.6. The van der Waals surface area contributed by atoms with Crippen molar-refractivity contribution in [2.24, 2.45) is 0 Å². The summed E-state index contributed by atoms with van der Waals surface area (Å²) in [5.41, 5.74) is 2.48. The van der Waals surface area contributed by atoms with E-state index in [2.05, 4.69) is 67.7 Å². The van der Waals surface area contributed by atoms with Crippen LogP contribution in [0.15, 0.2) is 48.8 Å². The van der Waals surface area contributed by atoms with Crippen molar-refractivity contribution in [1.29, 1.82) is 0 Å². The molecule has 0 aliphatic carbocycles. The van der Waals surface area contributed by atoms with E-state index < -0.39 is 0 Å².